The highest BCUT2D eigenvalue weighted by Crippen LogP contribution is 2.20. The van der Waals surface area contributed by atoms with Crippen molar-refractivity contribution in [2.75, 3.05) is 0 Å². The van der Waals surface area contributed by atoms with Gasteiger partial charge in [-0.25, -0.2) is 26.3 Å². The summed E-state index contributed by atoms with van der Waals surface area (Å²) < 4.78 is 65.1. The molecule has 0 unspecified atom stereocenters. The Kier molecular flexibility index (Phi) is 5.00. The van der Waals surface area contributed by atoms with Crippen LogP contribution in [-0.2, 0) is 14.8 Å². The van der Waals surface area contributed by atoms with Crippen molar-refractivity contribution in [1.29, 1.82) is 0 Å². The molecule has 1 rings (SSSR count). The van der Waals surface area contributed by atoms with Gasteiger partial charge in [-0.05, 0) is 32.4 Å². The number of carboxylic acids is 1. The van der Waals surface area contributed by atoms with E-state index in [0.717, 1.165) is 0 Å². The molecule has 0 spiro atoms. The summed E-state index contributed by atoms with van der Waals surface area (Å²) in [6, 6.07) is 0.710. The minimum atomic E-state index is -4.32. The minimum Gasteiger partial charge on any atom is -0.481 e. The second-order valence-electron chi connectivity index (χ2n) is 5.08. The molecule has 5 nitrogen and oxygen atoms in total. The highest BCUT2D eigenvalue weighted by molar-refractivity contribution is 7.89. The van der Waals surface area contributed by atoms with Gasteiger partial charge < -0.3 is 5.11 Å². The van der Waals surface area contributed by atoms with Gasteiger partial charge in [0.1, 0.15) is 0 Å². The molecule has 0 heterocycles. The van der Waals surface area contributed by atoms with Crippen LogP contribution in [0.25, 0.3) is 0 Å². The molecule has 0 radical (unpaired) electrons. The Hall–Kier alpha value is -1.61. The van der Waals surface area contributed by atoms with E-state index in [9.17, 15) is 26.4 Å². The summed E-state index contributed by atoms with van der Waals surface area (Å²) in [6.07, 6.45) is -0.324. The molecule has 0 fully saturated rings. The zero-order valence-corrected chi connectivity index (χ0v) is 12.1. The Balaban J connectivity index is 3.04. The van der Waals surface area contributed by atoms with E-state index < -0.39 is 43.9 Å². The fraction of sp³-hybridized carbons (Fsp3) is 0.417. The van der Waals surface area contributed by atoms with Gasteiger partial charge in [0.2, 0.25) is 10.0 Å². The summed E-state index contributed by atoms with van der Waals surface area (Å²) in [4.78, 5) is 9.71. The highest BCUT2D eigenvalue weighted by Gasteiger charge is 2.28. The number of hydrogen-bond acceptors (Lipinski definition) is 3. The fourth-order valence-electron chi connectivity index (χ4n) is 1.58. The molecule has 0 aromatic heterocycles. The number of sulfonamides is 1. The molecule has 0 saturated heterocycles. The first-order chi connectivity index (χ1) is 9.44. The normalized spacial score (nSPS) is 12.4. The molecular formula is C12H14F3NO4S. The molecule has 0 aliphatic rings. The van der Waals surface area contributed by atoms with Crippen molar-refractivity contribution in [1.82, 2.24) is 4.72 Å². The van der Waals surface area contributed by atoms with Crippen LogP contribution in [0.15, 0.2) is 17.0 Å². The molecule has 0 amide bonds. The Morgan fingerprint density at radius 2 is 1.71 bits per heavy atom. The lowest BCUT2D eigenvalue weighted by atomic mass is 10.0. The Morgan fingerprint density at radius 1 is 1.24 bits per heavy atom. The SMILES string of the molecule is CC(C)(CCC(=O)O)NS(=O)(=O)c1cc(F)c(F)c(F)c1. The van der Waals surface area contributed by atoms with Crippen molar-refractivity contribution in [2.45, 2.75) is 37.1 Å². The van der Waals surface area contributed by atoms with Gasteiger partial charge in [0.15, 0.2) is 17.5 Å². The maximum absolute atomic E-state index is 13.1. The summed E-state index contributed by atoms with van der Waals surface area (Å²) in [6.45, 7) is 2.84. The first kappa shape index (κ1) is 17.4. The summed E-state index contributed by atoms with van der Waals surface area (Å²) in [7, 11) is -4.32. The summed E-state index contributed by atoms with van der Waals surface area (Å²) in [5.41, 5.74) is -1.15. The van der Waals surface area contributed by atoms with Crippen LogP contribution in [0, 0.1) is 17.5 Å². The Bertz CT molecular complexity index is 635. The smallest absolute Gasteiger partial charge is 0.303 e. The third kappa shape index (κ3) is 4.71. The van der Waals surface area contributed by atoms with Gasteiger partial charge in [-0.2, -0.15) is 0 Å². The van der Waals surface area contributed by atoms with Gasteiger partial charge in [0.25, 0.3) is 0 Å². The Labute approximate surface area is 119 Å². The number of rotatable bonds is 6. The number of carboxylic acid groups (broad SMARTS) is 1. The van der Waals surface area contributed by atoms with Gasteiger partial charge in [-0.3, -0.25) is 4.79 Å². The number of benzene rings is 1. The number of hydrogen-bond donors (Lipinski definition) is 2. The molecule has 21 heavy (non-hydrogen) atoms. The lowest BCUT2D eigenvalue weighted by Gasteiger charge is -2.25. The van der Waals surface area contributed by atoms with Crippen LogP contribution >= 0.6 is 0 Å². The van der Waals surface area contributed by atoms with Crippen LogP contribution in [0.5, 0.6) is 0 Å². The first-order valence-electron chi connectivity index (χ1n) is 5.85. The lowest BCUT2D eigenvalue weighted by molar-refractivity contribution is -0.137. The zero-order valence-electron chi connectivity index (χ0n) is 11.3. The van der Waals surface area contributed by atoms with Crippen LogP contribution in [-0.4, -0.2) is 25.0 Å². The van der Waals surface area contributed by atoms with E-state index in [0.29, 0.717) is 12.1 Å². The third-order valence-corrected chi connectivity index (χ3v) is 4.32. The second kappa shape index (κ2) is 6.02. The lowest BCUT2D eigenvalue weighted by Crippen LogP contribution is -2.43. The predicted molar refractivity (Wildman–Crippen MR) is 67.6 cm³/mol. The van der Waals surface area contributed by atoms with E-state index >= 15 is 0 Å². The predicted octanol–water partition coefficient (Wildman–Crippen LogP) is 2.03. The average Bonchev–Trinajstić information content (AvgIpc) is 2.31. The number of aliphatic carboxylic acids is 1. The first-order valence-corrected chi connectivity index (χ1v) is 7.33. The van der Waals surface area contributed by atoms with Gasteiger partial charge in [-0.1, -0.05) is 0 Å². The van der Waals surface area contributed by atoms with E-state index in [-0.39, 0.29) is 12.8 Å². The average molecular weight is 325 g/mol. The molecule has 0 aliphatic carbocycles. The van der Waals surface area contributed by atoms with E-state index in [1.807, 2.05) is 0 Å². The monoisotopic (exact) mass is 325 g/mol. The second-order valence-corrected chi connectivity index (χ2v) is 6.77. The van der Waals surface area contributed by atoms with Crippen LogP contribution in [0.2, 0.25) is 0 Å². The molecule has 9 heteroatoms. The van der Waals surface area contributed by atoms with Gasteiger partial charge >= 0.3 is 5.97 Å². The molecule has 0 aliphatic heterocycles. The molecule has 1 aromatic rings. The van der Waals surface area contributed by atoms with Crippen LogP contribution in [0.3, 0.4) is 0 Å². The summed E-state index contributed by atoms with van der Waals surface area (Å²) in [5.74, 6) is -6.13. The van der Waals surface area contributed by atoms with Crippen molar-refractivity contribution in [2.24, 2.45) is 0 Å². The van der Waals surface area contributed by atoms with E-state index in [2.05, 4.69) is 4.72 Å². The van der Waals surface area contributed by atoms with E-state index in [1.165, 1.54) is 13.8 Å². The van der Waals surface area contributed by atoms with Gasteiger partial charge in [-0.15, -0.1) is 0 Å². The van der Waals surface area contributed by atoms with E-state index in [4.69, 9.17) is 5.11 Å². The Morgan fingerprint density at radius 3 is 2.14 bits per heavy atom. The van der Waals surface area contributed by atoms with Crippen molar-refractivity contribution in [3.63, 3.8) is 0 Å². The zero-order chi connectivity index (χ0) is 16.4. The molecule has 1 aromatic carbocycles. The van der Waals surface area contributed by atoms with Gasteiger partial charge in [0, 0.05) is 12.0 Å². The number of nitrogens with one attached hydrogen (secondary N) is 1. The molecule has 2 N–H and O–H groups in total. The fourth-order valence-corrected chi connectivity index (χ4v) is 3.05. The highest BCUT2D eigenvalue weighted by atomic mass is 32.2. The van der Waals surface area contributed by atoms with Crippen molar-refractivity contribution < 1.29 is 31.5 Å². The van der Waals surface area contributed by atoms with Crippen molar-refractivity contribution in [3.8, 4) is 0 Å². The minimum absolute atomic E-state index is 0.0340. The van der Waals surface area contributed by atoms with Crippen LogP contribution < -0.4 is 4.72 Å². The summed E-state index contributed by atoms with van der Waals surface area (Å²) >= 11 is 0. The maximum atomic E-state index is 13.1. The molecule has 0 bridgehead atoms. The maximum Gasteiger partial charge on any atom is 0.303 e. The van der Waals surface area contributed by atoms with Crippen molar-refractivity contribution in [3.05, 3.63) is 29.6 Å². The number of carbonyl (C=O) groups is 1. The quantitative estimate of drug-likeness (QED) is 0.784. The third-order valence-electron chi connectivity index (χ3n) is 2.64. The van der Waals surface area contributed by atoms with Crippen molar-refractivity contribution >= 4 is 16.0 Å². The molecule has 0 atom stereocenters. The van der Waals surface area contributed by atoms with E-state index in [1.54, 1.807) is 0 Å². The van der Waals surface area contributed by atoms with Crippen LogP contribution in [0.1, 0.15) is 26.7 Å². The summed E-state index contributed by atoms with van der Waals surface area (Å²) in [5, 5.41) is 8.58. The molecule has 118 valence electrons. The van der Waals surface area contributed by atoms with Crippen LogP contribution in [0.4, 0.5) is 13.2 Å². The topological polar surface area (TPSA) is 83.5 Å². The molecule has 0 saturated carbocycles. The molecular weight excluding hydrogens is 311 g/mol. The number of halogens is 3. The standard InChI is InChI=1S/C12H14F3NO4S/c1-12(2,4-3-10(17)18)16-21(19,20)7-5-8(13)11(15)9(14)6-7/h5-6,16H,3-4H2,1-2H3,(H,17,18). The van der Waals surface area contributed by atoms with Gasteiger partial charge in [0.05, 0.1) is 4.90 Å². The largest absolute Gasteiger partial charge is 0.481 e.